The molecular formula is C18H28O6. The maximum absolute atomic E-state index is 10.8. The van der Waals surface area contributed by atoms with Crippen molar-refractivity contribution in [2.45, 2.75) is 106 Å². The number of aliphatic hydroxyl groups excluding tert-OH is 1. The predicted octanol–water partition coefficient (Wildman–Crippen LogP) is 2.22. The van der Waals surface area contributed by atoms with Gasteiger partial charge in [0.15, 0.2) is 17.9 Å². The van der Waals surface area contributed by atoms with E-state index in [-0.39, 0.29) is 6.10 Å². The van der Waals surface area contributed by atoms with Gasteiger partial charge in [-0.25, -0.2) is 0 Å². The Hall–Kier alpha value is -0.240. The Morgan fingerprint density at radius 2 is 1.38 bits per heavy atom. The van der Waals surface area contributed by atoms with Gasteiger partial charge in [0.05, 0.1) is 6.61 Å². The summed E-state index contributed by atoms with van der Waals surface area (Å²) in [5.74, 6) is -0.979. The molecule has 0 aromatic rings. The number of fused-ring (bicyclic) bond motifs is 1. The third-order valence-corrected chi connectivity index (χ3v) is 6.39. The van der Waals surface area contributed by atoms with Crippen molar-refractivity contribution < 1.29 is 28.8 Å². The third kappa shape index (κ3) is 2.54. The first-order valence-corrected chi connectivity index (χ1v) is 9.70. The highest BCUT2D eigenvalue weighted by atomic mass is 16.8. The summed E-state index contributed by atoms with van der Waals surface area (Å²) < 4.78 is 30.5. The van der Waals surface area contributed by atoms with Crippen LogP contribution < -0.4 is 0 Å². The summed E-state index contributed by atoms with van der Waals surface area (Å²) in [5.41, 5.74) is 0. The van der Waals surface area contributed by atoms with Crippen molar-refractivity contribution in [2.24, 2.45) is 0 Å². The molecule has 1 N–H and O–H groups in total. The van der Waals surface area contributed by atoms with Crippen LogP contribution in [0.3, 0.4) is 0 Å². The zero-order valence-electron chi connectivity index (χ0n) is 14.2. The van der Waals surface area contributed by atoms with Crippen molar-refractivity contribution in [3.8, 4) is 0 Å². The van der Waals surface area contributed by atoms with Crippen LogP contribution in [0.1, 0.15) is 64.2 Å². The molecule has 2 saturated carbocycles. The molecule has 5 rings (SSSR count). The van der Waals surface area contributed by atoms with Crippen molar-refractivity contribution in [2.75, 3.05) is 6.61 Å². The van der Waals surface area contributed by atoms with E-state index < -0.39 is 36.2 Å². The summed E-state index contributed by atoms with van der Waals surface area (Å²) in [6.07, 6.45) is 8.38. The molecule has 3 heterocycles. The lowest BCUT2D eigenvalue weighted by Gasteiger charge is -2.34. The zero-order valence-corrected chi connectivity index (χ0v) is 14.2. The molecule has 0 bridgehead atoms. The fourth-order valence-electron chi connectivity index (χ4n) is 5.09. The van der Waals surface area contributed by atoms with E-state index in [4.69, 9.17) is 23.7 Å². The molecular weight excluding hydrogens is 312 g/mol. The van der Waals surface area contributed by atoms with Gasteiger partial charge in [-0.3, -0.25) is 0 Å². The standard InChI is InChI=1S/C18H28O6/c19-13-14(12-11-20-17(22-12)7-3-1-4-8-17)21-16-15(13)23-18(24-16)9-5-2-6-10-18/h12-16,19H,1-11H2/t12-,13+,14+,15-,16+/m1/s1. The van der Waals surface area contributed by atoms with Crippen molar-refractivity contribution >= 4 is 0 Å². The summed E-state index contributed by atoms with van der Waals surface area (Å²) in [4.78, 5) is 0. The topological polar surface area (TPSA) is 66.4 Å². The first-order valence-electron chi connectivity index (χ1n) is 9.70. The molecule has 24 heavy (non-hydrogen) atoms. The number of rotatable bonds is 1. The van der Waals surface area contributed by atoms with Crippen LogP contribution in [0, 0.1) is 0 Å². The fraction of sp³-hybridized carbons (Fsp3) is 1.00. The molecule has 6 heteroatoms. The predicted molar refractivity (Wildman–Crippen MR) is 83.1 cm³/mol. The van der Waals surface area contributed by atoms with Crippen LogP contribution in [0.25, 0.3) is 0 Å². The molecule has 0 radical (unpaired) electrons. The van der Waals surface area contributed by atoms with E-state index in [1.807, 2.05) is 0 Å². The van der Waals surface area contributed by atoms with Crippen LogP contribution >= 0.6 is 0 Å². The van der Waals surface area contributed by atoms with Gasteiger partial charge in [-0.2, -0.15) is 0 Å². The molecule has 3 saturated heterocycles. The average Bonchev–Trinajstić information content (AvgIpc) is 3.23. The second-order valence-corrected chi connectivity index (χ2v) is 8.07. The minimum absolute atomic E-state index is 0.238. The van der Waals surface area contributed by atoms with E-state index in [9.17, 15) is 5.11 Å². The van der Waals surface area contributed by atoms with Crippen LogP contribution in [-0.2, 0) is 23.7 Å². The molecule has 2 spiro atoms. The molecule has 0 amide bonds. The summed E-state index contributed by atoms with van der Waals surface area (Å²) >= 11 is 0. The molecule has 3 aliphatic heterocycles. The smallest absolute Gasteiger partial charge is 0.190 e. The van der Waals surface area contributed by atoms with Crippen LogP contribution in [0.5, 0.6) is 0 Å². The molecule has 0 aromatic heterocycles. The number of aliphatic hydroxyl groups is 1. The lowest BCUT2D eigenvalue weighted by molar-refractivity contribution is -0.259. The summed E-state index contributed by atoms with van der Waals surface area (Å²) in [7, 11) is 0. The second-order valence-electron chi connectivity index (χ2n) is 8.07. The van der Waals surface area contributed by atoms with Crippen molar-refractivity contribution in [3.63, 3.8) is 0 Å². The Morgan fingerprint density at radius 1 is 0.708 bits per heavy atom. The van der Waals surface area contributed by atoms with Gasteiger partial charge in [-0.15, -0.1) is 0 Å². The summed E-state index contributed by atoms with van der Waals surface area (Å²) in [6.45, 7) is 0.478. The highest BCUT2D eigenvalue weighted by molar-refractivity contribution is 5.00. The molecule has 0 unspecified atom stereocenters. The van der Waals surface area contributed by atoms with Crippen LogP contribution in [0.2, 0.25) is 0 Å². The number of hydrogen-bond acceptors (Lipinski definition) is 6. The Balaban J connectivity index is 1.24. The first-order chi connectivity index (χ1) is 11.7. The Labute approximate surface area is 142 Å². The van der Waals surface area contributed by atoms with E-state index in [0.29, 0.717) is 6.61 Å². The summed E-state index contributed by atoms with van der Waals surface area (Å²) in [6, 6.07) is 0. The molecule has 5 fully saturated rings. The SMILES string of the molecule is O[C@H]1[C@H]([C@H]2COC3(CCCCC3)O2)O[C@H]2OC3(CCCCC3)O[C@@H]21. The van der Waals surface area contributed by atoms with E-state index in [0.717, 1.165) is 51.4 Å². The third-order valence-electron chi connectivity index (χ3n) is 6.39. The minimum Gasteiger partial charge on any atom is -0.387 e. The molecule has 0 aromatic carbocycles. The Morgan fingerprint density at radius 3 is 2.04 bits per heavy atom. The molecule has 2 aliphatic carbocycles. The normalized spacial score (nSPS) is 46.6. The van der Waals surface area contributed by atoms with Gasteiger partial charge in [0.2, 0.25) is 0 Å². The van der Waals surface area contributed by atoms with Gasteiger partial charge in [0.25, 0.3) is 0 Å². The number of hydrogen-bond donors (Lipinski definition) is 1. The van der Waals surface area contributed by atoms with Gasteiger partial charge in [0.1, 0.15) is 24.4 Å². The minimum atomic E-state index is -0.719. The van der Waals surface area contributed by atoms with Crippen molar-refractivity contribution in [1.29, 1.82) is 0 Å². The largest absolute Gasteiger partial charge is 0.387 e. The molecule has 136 valence electrons. The van der Waals surface area contributed by atoms with Crippen molar-refractivity contribution in [1.82, 2.24) is 0 Å². The van der Waals surface area contributed by atoms with Gasteiger partial charge < -0.3 is 28.8 Å². The van der Waals surface area contributed by atoms with Crippen LogP contribution in [0.4, 0.5) is 0 Å². The van der Waals surface area contributed by atoms with E-state index >= 15 is 0 Å². The molecule has 5 atom stereocenters. The van der Waals surface area contributed by atoms with Gasteiger partial charge in [0, 0.05) is 25.7 Å². The monoisotopic (exact) mass is 340 g/mol. The lowest BCUT2D eigenvalue weighted by atomic mass is 9.94. The molecule has 6 nitrogen and oxygen atoms in total. The lowest BCUT2D eigenvalue weighted by Crippen LogP contribution is -2.44. The Kier molecular flexibility index (Phi) is 3.92. The first kappa shape index (κ1) is 16.0. The van der Waals surface area contributed by atoms with Crippen LogP contribution in [-0.4, -0.2) is 54.0 Å². The van der Waals surface area contributed by atoms with Gasteiger partial charge >= 0.3 is 0 Å². The summed E-state index contributed by atoms with van der Waals surface area (Å²) in [5, 5.41) is 10.8. The maximum Gasteiger partial charge on any atom is 0.190 e. The van der Waals surface area contributed by atoms with E-state index in [1.165, 1.54) is 12.8 Å². The van der Waals surface area contributed by atoms with Crippen LogP contribution in [0.15, 0.2) is 0 Å². The fourth-order valence-corrected chi connectivity index (χ4v) is 5.09. The molecule has 5 aliphatic rings. The second kappa shape index (κ2) is 5.89. The van der Waals surface area contributed by atoms with E-state index in [1.54, 1.807) is 0 Å². The highest BCUT2D eigenvalue weighted by Gasteiger charge is 2.60. The van der Waals surface area contributed by atoms with Gasteiger partial charge in [-0.1, -0.05) is 12.8 Å². The van der Waals surface area contributed by atoms with Gasteiger partial charge in [-0.05, 0) is 25.7 Å². The number of ether oxygens (including phenoxy) is 5. The highest BCUT2D eigenvalue weighted by Crippen LogP contribution is 2.47. The Bertz CT molecular complexity index is 470. The van der Waals surface area contributed by atoms with Crippen molar-refractivity contribution in [3.05, 3.63) is 0 Å². The zero-order chi connectivity index (χ0) is 16.2. The average molecular weight is 340 g/mol. The maximum atomic E-state index is 10.8. The quantitative estimate of drug-likeness (QED) is 0.789. The van der Waals surface area contributed by atoms with E-state index in [2.05, 4.69) is 0 Å².